The van der Waals surface area contributed by atoms with E-state index >= 15 is 4.39 Å². The zero-order valence-electron chi connectivity index (χ0n) is 23.5. The number of benzene rings is 1. The van der Waals surface area contributed by atoms with Gasteiger partial charge in [-0.1, -0.05) is 19.9 Å². The molecule has 0 spiro atoms. The van der Waals surface area contributed by atoms with Gasteiger partial charge < -0.3 is 14.8 Å². The number of pyridine rings is 1. The third-order valence-corrected chi connectivity index (χ3v) is 7.35. The summed E-state index contributed by atoms with van der Waals surface area (Å²) >= 11 is 0. The van der Waals surface area contributed by atoms with Crippen LogP contribution < -0.4 is 5.32 Å². The summed E-state index contributed by atoms with van der Waals surface area (Å²) in [5.41, 5.74) is 2.98. The van der Waals surface area contributed by atoms with Crippen LogP contribution in [0.3, 0.4) is 0 Å². The topological polar surface area (TPSA) is 92.1 Å². The minimum Gasteiger partial charge on any atom is -0.337 e. The Morgan fingerprint density at radius 2 is 1.88 bits per heavy atom. The number of imidazole rings is 1. The molecular formula is C29H34F2N8O. The predicted molar refractivity (Wildman–Crippen MR) is 150 cm³/mol. The number of nitrogens with one attached hydrogen (secondary N) is 1. The number of carbonyl (C=O) groups is 1. The van der Waals surface area contributed by atoms with E-state index in [9.17, 15) is 9.18 Å². The molecule has 4 aromatic rings. The molecule has 0 saturated carbocycles. The number of aromatic nitrogens is 5. The fraction of sp³-hybridized carbons (Fsp3) is 0.414. The van der Waals surface area contributed by atoms with Gasteiger partial charge in [-0.05, 0) is 57.6 Å². The number of fused-ring (bicyclic) bond motifs is 2. The van der Waals surface area contributed by atoms with Crippen molar-refractivity contribution in [3.63, 3.8) is 0 Å². The van der Waals surface area contributed by atoms with E-state index in [-0.39, 0.29) is 29.1 Å². The highest BCUT2D eigenvalue weighted by molar-refractivity contribution is 5.83. The molecule has 9 nitrogen and oxygen atoms in total. The third kappa shape index (κ3) is 5.38. The van der Waals surface area contributed by atoms with Crippen molar-refractivity contribution in [2.24, 2.45) is 0 Å². The minimum atomic E-state index is -0.662. The summed E-state index contributed by atoms with van der Waals surface area (Å²) in [5.74, 6) is 0.249. The zero-order chi connectivity index (χ0) is 28.6. The van der Waals surface area contributed by atoms with E-state index in [1.165, 1.54) is 6.07 Å². The van der Waals surface area contributed by atoms with Crippen molar-refractivity contribution in [3.05, 3.63) is 59.2 Å². The van der Waals surface area contributed by atoms with Crippen molar-refractivity contribution >= 4 is 28.7 Å². The molecule has 1 amide bonds. The molecule has 210 valence electrons. The number of rotatable bonds is 8. The maximum atomic E-state index is 15.0. The molecule has 40 heavy (non-hydrogen) atoms. The molecule has 5 rings (SSSR count). The molecule has 1 N–H and O–H groups in total. The van der Waals surface area contributed by atoms with Crippen molar-refractivity contribution in [2.75, 3.05) is 31.5 Å². The second-order valence-corrected chi connectivity index (χ2v) is 10.3. The molecule has 1 aliphatic rings. The molecule has 0 radical (unpaired) electrons. The van der Waals surface area contributed by atoms with Gasteiger partial charge in [0.05, 0.1) is 18.3 Å². The SMILES string of the molecule is CCN(CC)CC(=O)N1CCc2nc(Nc3ncc(F)c(-c4cc(F)c5nc(C)n(C(C)C)c5c4)n3)ccc2C1. The average Bonchev–Trinajstić information content (AvgIpc) is 3.28. The Morgan fingerprint density at radius 3 is 2.60 bits per heavy atom. The number of likely N-dealkylation sites (N-methyl/N-ethyl adjacent to an activating group) is 1. The monoisotopic (exact) mass is 548 g/mol. The summed E-state index contributed by atoms with van der Waals surface area (Å²) in [6, 6.07) is 6.73. The van der Waals surface area contributed by atoms with Crippen molar-refractivity contribution in [2.45, 2.75) is 53.6 Å². The number of anilines is 2. The lowest BCUT2D eigenvalue weighted by Gasteiger charge is -2.30. The summed E-state index contributed by atoms with van der Waals surface area (Å²) in [6.45, 7) is 13.1. The maximum absolute atomic E-state index is 15.0. The van der Waals surface area contributed by atoms with Crippen LogP contribution in [0.5, 0.6) is 0 Å². The van der Waals surface area contributed by atoms with E-state index in [0.29, 0.717) is 48.8 Å². The molecule has 0 saturated heterocycles. The number of hydrogen-bond donors (Lipinski definition) is 1. The summed E-state index contributed by atoms with van der Waals surface area (Å²) < 4.78 is 31.8. The van der Waals surface area contributed by atoms with Crippen molar-refractivity contribution in [1.82, 2.24) is 34.3 Å². The number of nitrogens with zero attached hydrogens (tertiary/aromatic N) is 7. The number of halogens is 2. The van der Waals surface area contributed by atoms with Crippen LogP contribution in [0.2, 0.25) is 0 Å². The van der Waals surface area contributed by atoms with Crippen LogP contribution in [0.4, 0.5) is 20.5 Å². The van der Waals surface area contributed by atoms with Crippen LogP contribution in [0.1, 0.15) is 50.8 Å². The number of aryl methyl sites for hydroxylation is 1. The Hall–Kier alpha value is -3.99. The van der Waals surface area contributed by atoms with Gasteiger partial charge in [-0.15, -0.1) is 0 Å². The van der Waals surface area contributed by atoms with Gasteiger partial charge in [-0.3, -0.25) is 9.69 Å². The van der Waals surface area contributed by atoms with Crippen molar-refractivity contribution in [1.29, 1.82) is 0 Å². The molecule has 4 heterocycles. The highest BCUT2D eigenvalue weighted by Gasteiger charge is 2.23. The fourth-order valence-electron chi connectivity index (χ4n) is 5.24. The molecule has 0 atom stereocenters. The van der Waals surface area contributed by atoms with Crippen LogP contribution in [0.15, 0.2) is 30.5 Å². The Balaban J connectivity index is 1.37. The van der Waals surface area contributed by atoms with Gasteiger partial charge in [0, 0.05) is 36.8 Å². The highest BCUT2D eigenvalue weighted by atomic mass is 19.1. The van der Waals surface area contributed by atoms with E-state index in [0.717, 1.165) is 30.5 Å². The Bertz CT molecular complexity index is 1560. The van der Waals surface area contributed by atoms with Gasteiger partial charge in [-0.25, -0.2) is 28.7 Å². The lowest BCUT2D eigenvalue weighted by atomic mass is 10.1. The second kappa shape index (κ2) is 11.2. The third-order valence-electron chi connectivity index (χ3n) is 7.35. The number of carbonyl (C=O) groups excluding carboxylic acids is 1. The maximum Gasteiger partial charge on any atom is 0.237 e. The Morgan fingerprint density at radius 1 is 1.10 bits per heavy atom. The molecule has 0 bridgehead atoms. The van der Waals surface area contributed by atoms with Crippen LogP contribution in [-0.4, -0.2) is 66.4 Å². The van der Waals surface area contributed by atoms with Crippen molar-refractivity contribution < 1.29 is 13.6 Å². The summed E-state index contributed by atoms with van der Waals surface area (Å²) in [5, 5.41) is 3.05. The van der Waals surface area contributed by atoms with E-state index in [1.54, 1.807) is 12.1 Å². The number of amides is 1. The van der Waals surface area contributed by atoms with Gasteiger partial charge in [-0.2, -0.15) is 0 Å². The fourth-order valence-corrected chi connectivity index (χ4v) is 5.24. The lowest BCUT2D eigenvalue weighted by molar-refractivity contribution is -0.133. The molecule has 0 fully saturated rings. The smallest absolute Gasteiger partial charge is 0.237 e. The predicted octanol–water partition coefficient (Wildman–Crippen LogP) is 5.03. The van der Waals surface area contributed by atoms with Crippen molar-refractivity contribution in [3.8, 4) is 11.3 Å². The largest absolute Gasteiger partial charge is 0.337 e. The average molecular weight is 549 g/mol. The van der Waals surface area contributed by atoms with E-state index in [2.05, 4.69) is 39.0 Å². The highest BCUT2D eigenvalue weighted by Crippen LogP contribution is 2.30. The van der Waals surface area contributed by atoms with E-state index in [1.807, 2.05) is 36.3 Å². The standard InChI is InChI=1S/C29H34F2N8O/c1-6-37(7-2)16-26(40)38-11-10-23-19(15-38)8-9-25(34-23)35-29-32-14-22(31)27(36-29)20-12-21(30)28-24(13-20)39(17(3)4)18(5)33-28/h8-9,12-14,17H,6-7,10-11,15-16H2,1-5H3,(H,32,34,35,36). The van der Waals surface area contributed by atoms with Gasteiger partial charge >= 0.3 is 0 Å². The summed E-state index contributed by atoms with van der Waals surface area (Å²) in [7, 11) is 0. The van der Waals surface area contributed by atoms with Gasteiger partial charge in [0.2, 0.25) is 11.9 Å². The second-order valence-electron chi connectivity index (χ2n) is 10.3. The number of hydrogen-bond acceptors (Lipinski definition) is 7. The van der Waals surface area contributed by atoms with Gasteiger partial charge in [0.1, 0.15) is 22.9 Å². The molecule has 3 aromatic heterocycles. The first kappa shape index (κ1) is 27.6. The minimum absolute atomic E-state index is 0.0206. The quantitative estimate of drug-likeness (QED) is 0.330. The Kier molecular flexibility index (Phi) is 7.75. The summed E-state index contributed by atoms with van der Waals surface area (Å²) in [6.07, 6.45) is 1.70. The van der Waals surface area contributed by atoms with Crippen LogP contribution in [-0.2, 0) is 17.8 Å². The Labute approximate surface area is 232 Å². The lowest BCUT2D eigenvalue weighted by Crippen LogP contribution is -2.42. The first-order valence-corrected chi connectivity index (χ1v) is 13.6. The van der Waals surface area contributed by atoms with Crippen LogP contribution >= 0.6 is 0 Å². The molecule has 0 unspecified atom stereocenters. The normalized spacial score (nSPS) is 13.4. The van der Waals surface area contributed by atoms with Gasteiger partial charge in [0.25, 0.3) is 0 Å². The molecule has 0 aliphatic carbocycles. The first-order chi connectivity index (χ1) is 19.2. The van der Waals surface area contributed by atoms with E-state index < -0.39 is 11.6 Å². The molecular weight excluding hydrogens is 514 g/mol. The van der Waals surface area contributed by atoms with Crippen LogP contribution in [0, 0.1) is 18.6 Å². The molecule has 11 heteroatoms. The summed E-state index contributed by atoms with van der Waals surface area (Å²) in [4.78, 5) is 34.2. The van der Waals surface area contributed by atoms with Crippen LogP contribution in [0.25, 0.3) is 22.3 Å². The van der Waals surface area contributed by atoms with E-state index in [4.69, 9.17) is 4.98 Å². The molecule has 1 aromatic carbocycles. The van der Waals surface area contributed by atoms with Gasteiger partial charge in [0.15, 0.2) is 11.6 Å². The zero-order valence-corrected chi connectivity index (χ0v) is 23.5. The molecule has 1 aliphatic heterocycles. The first-order valence-electron chi connectivity index (χ1n) is 13.6.